The number of aliphatic hydroxyl groups is 1. The molecule has 0 bridgehead atoms. The van der Waals surface area contributed by atoms with Crippen molar-refractivity contribution in [2.45, 2.75) is 20.0 Å². The molecule has 0 radical (unpaired) electrons. The third-order valence-corrected chi connectivity index (χ3v) is 3.11. The molecule has 1 atom stereocenters. The summed E-state index contributed by atoms with van der Waals surface area (Å²) in [5.74, 6) is -2.60. The molecule has 0 aliphatic carbocycles. The molecule has 0 fully saturated rings. The van der Waals surface area contributed by atoms with E-state index in [0.29, 0.717) is 5.56 Å². The van der Waals surface area contributed by atoms with Crippen LogP contribution in [0.3, 0.4) is 0 Å². The van der Waals surface area contributed by atoms with Gasteiger partial charge in [0.15, 0.2) is 11.6 Å². The maximum Gasteiger partial charge on any atom is 0.165 e. The standard InChI is InChI=1S/C15H13F3O/c1-8-3-5-10(7-12(8)16)15(19)11-6-4-9(2)13(17)14(11)18/h3-7,15,19H,1-2H3. The highest BCUT2D eigenvalue weighted by Crippen LogP contribution is 2.27. The average molecular weight is 266 g/mol. The number of rotatable bonds is 2. The van der Waals surface area contributed by atoms with Gasteiger partial charge in [0, 0.05) is 5.56 Å². The Morgan fingerprint density at radius 2 is 1.53 bits per heavy atom. The summed E-state index contributed by atoms with van der Waals surface area (Å²) in [5.41, 5.74) is 0.562. The van der Waals surface area contributed by atoms with Crippen LogP contribution in [0.1, 0.15) is 28.4 Å². The maximum atomic E-state index is 13.7. The van der Waals surface area contributed by atoms with Crippen molar-refractivity contribution in [3.63, 3.8) is 0 Å². The van der Waals surface area contributed by atoms with Crippen LogP contribution in [0.25, 0.3) is 0 Å². The van der Waals surface area contributed by atoms with E-state index in [2.05, 4.69) is 0 Å². The Morgan fingerprint density at radius 1 is 0.895 bits per heavy atom. The fourth-order valence-corrected chi connectivity index (χ4v) is 1.83. The number of aliphatic hydroxyl groups excluding tert-OH is 1. The Labute approximate surface area is 109 Å². The molecule has 1 N–H and O–H groups in total. The van der Waals surface area contributed by atoms with E-state index in [1.165, 1.54) is 31.2 Å². The van der Waals surface area contributed by atoms with Crippen LogP contribution in [0.2, 0.25) is 0 Å². The number of benzene rings is 2. The first-order valence-corrected chi connectivity index (χ1v) is 5.80. The smallest absolute Gasteiger partial charge is 0.165 e. The molecule has 0 aromatic heterocycles. The maximum absolute atomic E-state index is 13.7. The highest BCUT2D eigenvalue weighted by Gasteiger charge is 2.19. The summed E-state index contributed by atoms with van der Waals surface area (Å²) in [6, 6.07) is 6.77. The molecule has 0 saturated heterocycles. The molecule has 0 spiro atoms. The summed E-state index contributed by atoms with van der Waals surface area (Å²) in [5, 5.41) is 10.0. The molecule has 2 aromatic carbocycles. The Morgan fingerprint density at radius 3 is 2.16 bits per heavy atom. The van der Waals surface area contributed by atoms with Gasteiger partial charge in [0.25, 0.3) is 0 Å². The second-order valence-corrected chi connectivity index (χ2v) is 4.51. The number of halogens is 3. The van der Waals surface area contributed by atoms with E-state index < -0.39 is 23.6 Å². The average Bonchev–Trinajstić information content (AvgIpc) is 2.39. The second kappa shape index (κ2) is 5.05. The topological polar surface area (TPSA) is 20.2 Å². The van der Waals surface area contributed by atoms with Crippen LogP contribution in [0.5, 0.6) is 0 Å². The minimum Gasteiger partial charge on any atom is -0.384 e. The summed E-state index contributed by atoms with van der Waals surface area (Å²) in [6.07, 6.45) is -1.40. The molecule has 0 aliphatic rings. The Bertz CT molecular complexity index is 623. The van der Waals surface area contributed by atoms with Crippen LogP contribution in [0, 0.1) is 31.3 Å². The molecule has 1 nitrogen and oxygen atoms in total. The van der Waals surface area contributed by atoms with Crippen molar-refractivity contribution in [3.8, 4) is 0 Å². The van der Waals surface area contributed by atoms with E-state index in [1.54, 1.807) is 6.92 Å². The van der Waals surface area contributed by atoms with Gasteiger partial charge in [0.1, 0.15) is 11.9 Å². The van der Waals surface area contributed by atoms with Crippen molar-refractivity contribution in [1.82, 2.24) is 0 Å². The lowest BCUT2D eigenvalue weighted by Gasteiger charge is -2.14. The lowest BCUT2D eigenvalue weighted by molar-refractivity contribution is 0.212. The van der Waals surface area contributed by atoms with Gasteiger partial charge in [-0.05, 0) is 36.6 Å². The summed E-state index contributed by atoms with van der Waals surface area (Å²) in [4.78, 5) is 0. The fourth-order valence-electron chi connectivity index (χ4n) is 1.83. The summed E-state index contributed by atoms with van der Waals surface area (Å²) >= 11 is 0. The number of hydrogen-bond donors (Lipinski definition) is 1. The van der Waals surface area contributed by atoms with Crippen molar-refractivity contribution >= 4 is 0 Å². The molecular weight excluding hydrogens is 253 g/mol. The number of aryl methyl sites for hydroxylation is 2. The first-order valence-electron chi connectivity index (χ1n) is 5.80. The first kappa shape index (κ1) is 13.6. The molecule has 0 aliphatic heterocycles. The lowest BCUT2D eigenvalue weighted by atomic mass is 9.98. The van der Waals surface area contributed by atoms with Gasteiger partial charge in [-0.25, -0.2) is 13.2 Å². The van der Waals surface area contributed by atoms with Gasteiger partial charge >= 0.3 is 0 Å². The summed E-state index contributed by atoms with van der Waals surface area (Å²) < 4.78 is 40.6. The van der Waals surface area contributed by atoms with E-state index in [9.17, 15) is 18.3 Å². The molecule has 2 rings (SSSR count). The third-order valence-electron chi connectivity index (χ3n) is 3.11. The SMILES string of the molecule is Cc1ccc(C(O)c2ccc(C)c(F)c2F)cc1F. The zero-order valence-corrected chi connectivity index (χ0v) is 10.5. The molecule has 19 heavy (non-hydrogen) atoms. The fraction of sp³-hybridized carbons (Fsp3) is 0.200. The van der Waals surface area contributed by atoms with Gasteiger partial charge in [-0.1, -0.05) is 24.3 Å². The number of hydrogen-bond acceptors (Lipinski definition) is 1. The van der Waals surface area contributed by atoms with Crippen molar-refractivity contribution < 1.29 is 18.3 Å². The Balaban J connectivity index is 2.47. The second-order valence-electron chi connectivity index (χ2n) is 4.51. The van der Waals surface area contributed by atoms with Gasteiger partial charge < -0.3 is 5.11 Å². The molecule has 1 unspecified atom stereocenters. The van der Waals surface area contributed by atoms with Crippen LogP contribution in [-0.2, 0) is 0 Å². The summed E-state index contributed by atoms with van der Waals surface area (Å²) in [6.45, 7) is 3.01. The van der Waals surface area contributed by atoms with Crippen molar-refractivity contribution in [2.24, 2.45) is 0 Å². The highest BCUT2D eigenvalue weighted by molar-refractivity contribution is 5.35. The van der Waals surface area contributed by atoms with Crippen molar-refractivity contribution in [1.29, 1.82) is 0 Å². The van der Waals surface area contributed by atoms with E-state index in [0.717, 1.165) is 6.07 Å². The highest BCUT2D eigenvalue weighted by atomic mass is 19.2. The molecule has 0 heterocycles. The van der Waals surface area contributed by atoms with Gasteiger partial charge in [-0.15, -0.1) is 0 Å². The van der Waals surface area contributed by atoms with Gasteiger partial charge in [-0.2, -0.15) is 0 Å². The molecular formula is C15H13F3O. The minimum atomic E-state index is -1.40. The van der Waals surface area contributed by atoms with E-state index in [4.69, 9.17) is 0 Å². The minimum absolute atomic E-state index is 0.156. The zero-order chi connectivity index (χ0) is 14.2. The monoisotopic (exact) mass is 266 g/mol. The van der Waals surface area contributed by atoms with E-state index in [-0.39, 0.29) is 16.7 Å². The molecule has 2 aromatic rings. The molecule has 100 valence electrons. The van der Waals surface area contributed by atoms with Crippen LogP contribution in [0.4, 0.5) is 13.2 Å². The molecule has 4 heteroatoms. The summed E-state index contributed by atoms with van der Waals surface area (Å²) in [7, 11) is 0. The van der Waals surface area contributed by atoms with E-state index >= 15 is 0 Å². The molecule has 0 amide bonds. The third kappa shape index (κ3) is 2.49. The van der Waals surface area contributed by atoms with Crippen LogP contribution < -0.4 is 0 Å². The largest absolute Gasteiger partial charge is 0.384 e. The normalized spacial score (nSPS) is 12.5. The van der Waals surface area contributed by atoms with Gasteiger partial charge in [0.2, 0.25) is 0 Å². The zero-order valence-electron chi connectivity index (χ0n) is 10.5. The molecule has 0 saturated carbocycles. The van der Waals surface area contributed by atoms with Crippen LogP contribution >= 0.6 is 0 Å². The quantitative estimate of drug-likeness (QED) is 0.876. The van der Waals surface area contributed by atoms with Crippen LogP contribution in [-0.4, -0.2) is 5.11 Å². The van der Waals surface area contributed by atoms with Gasteiger partial charge in [-0.3, -0.25) is 0 Å². The van der Waals surface area contributed by atoms with Crippen LogP contribution in [0.15, 0.2) is 30.3 Å². The van der Waals surface area contributed by atoms with E-state index in [1.807, 2.05) is 0 Å². The van der Waals surface area contributed by atoms with Gasteiger partial charge in [0.05, 0.1) is 0 Å². The first-order chi connectivity index (χ1) is 8.91. The van der Waals surface area contributed by atoms with Crippen molar-refractivity contribution in [3.05, 3.63) is 70.0 Å². The Kier molecular flexibility index (Phi) is 3.62. The lowest BCUT2D eigenvalue weighted by Crippen LogP contribution is -2.06. The van der Waals surface area contributed by atoms with Crippen molar-refractivity contribution in [2.75, 3.05) is 0 Å². The predicted molar refractivity (Wildman–Crippen MR) is 66.3 cm³/mol. The predicted octanol–water partition coefficient (Wildman–Crippen LogP) is 3.80. The Hall–Kier alpha value is -1.81.